The van der Waals surface area contributed by atoms with Crippen molar-refractivity contribution >= 4 is 5.91 Å². The highest BCUT2D eigenvalue weighted by atomic mass is 19.4. The number of carbonyl (C=O) groups is 1. The second kappa shape index (κ2) is 9.25. The van der Waals surface area contributed by atoms with Crippen molar-refractivity contribution in [3.63, 3.8) is 0 Å². The van der Waals surface area contributed by atoms with Gasteiger partial charge in [-0.25, -0.2) is 0 Å². The fourth-order valence-electron chi connectivity index (χ4n) is 2.62. The van der Waals surface area contributed by atoms with Gasteiger partial charge in [-0.05, 0) is 39.4 Å². The van der Waals surface area contributed by atoms with Gasteiger partial charge in [-0.1, -0.05) is 19.3 Å². The fourth-order valence-corrected chi connectivity index (χ4v) is 2.62. The van der Waals surface area contributed by atoms with Crippen molar-refractivity contribution in [1.82, 2.24) is 15.5 Å². The lowest BCUT2D eigenvalue weighted by molar-refractivity contribution is -0.137. The van der Waals surface area contributed by atoms with Crippen molar-refractivity contribution in [1.29, 1.82) is 0 Å². The summed E-state index contributed by atoms with van der Waals surface area (Å²) < 4.78 is 35.7. The molecule has 0 radical (unpaired) electrons. The number of nitrogens with zero attached hydrogens (tertiary/aromatic N) is 1. The number of halogens is 3. The molecule has 1 rings (SSSR count). The summed E-state index contributed by atoms with van der Waals surface area (Å²) in [6, 6.07) is 0.661. The van der Waals surface area contributed by atoms with Gasteiger partial charge in [-0.2, -0.15) is 13.2 Å². The van der Waals surface area contributed by atoms with Crippen molar-refractivity contribution in [2.45, 2.75) is 50.7 Å². The first-order chi connectivity index (χ1) is 9.88. The van der Waals surface area contributed by atoms with Crippen LogP contribution >= 0.6 is 0 Å². The van der Waals surface area contributed by atoms with E-state index in [2.05, 4.69) is 17.3 Å². The molecule has 7 heteroatoms. The molecule has 0 aromatic carbocycles. The van der Waals surface area contributed by atoms with Crippen LogP contribution in [0.4, 0.5) is 13.2 Å². The number of carbonyl (C=O) groups excluding carboxylic acids is 1. The molecule has 1 amide bonds. The minimum atomic E-state index is -4.35. The summed E-state index contributed by atoms with van der Waals surface area (Å²) in [5.41, 5.74) is 0. The van der Waals surface area contributed by atoms with Crippen LogP contribution in [0.3, 0.4) is 0 Å². The molecule has 2 N–H and O–H groups in total. The fraction of sp³-hybridized carbons (Fsp3) is 0.929. The van der Waals surface area contributed by atoms with Crippen LogP contribution in [-0.4, -0.2) is 56.3 Å². The predicted molar refractivity (Wildman–Crippen MR) is 76.1 cm³/mol. The van der Waals surface area contributed by atoms with Gasteiger partial charge in [0.15, 0.2) is 0 Å². The Kier molecular flexibility index (Phi) is 8.03. The third kappa shape index (κ3) is 8.93. The molecule has 0 spiro atoms. The number of hydrogen-bond acceptors (Lipinski definition) is 3. The maximum absolute atomic E-state index is 11.9. The van der Waals surface area contributed by atoms with Crippen LogP contribution in [0.25, 0.3) is 0 Å². The highest BCUT2D eigenvalue weighted by molar-refractivity contribution is 5.77. The van der Waals surface area contributed by atoms with Crippen LogP contribution in [-0.2, 0) is 4.79 Å². The molecule has 0 heterocycles. The second-order valence-corrected chi connectivity index (χ2v) is 5.69. The van der Waals surface area contributed by atoms with Gasteiger partial charge < -0.3 is 15.5 Å². The van der Waals surface area contributed by atoms with Crippen LogP contribution in [0.15, 0.2) is 0 Å². The number of amides is 1. The van der Waals surface area contributed by atoms with Gasteiger partial charge in [0.05, 0.1) is 6.54 Å². The molecule has 1 saturated carbocycles. The zero-order valence-corrected chi connectivity index (χ0v) is 12.6. The quantitative estimate of drug-likeness (QED) is 0.673. The predicted octanol–water partition coefficient (Wildman–Crippen LogP) is 1.91. The Bertz CT molecular complexity index is 304. The van der Waals surface area contributed by atoms with Crippen molar-refractivity contribution < 1.29 is 18.0 Å². The van der Waals surface area contributed by atoms with Crippen LogP contribution < -0.4 is 10.6 Å². The maximum atomic E-state index is 11.9. The monoisotopic (exact) mass is 309 g/mol. The first-order valence-corrected chi connectivity index (χ1v) is 7.63. The zero-order chi connectivity index (χ0) is 15.7. The van der Waals surface area contributed by atoms with Gasteiger partial charge in [-0.3, -0.25) is 4.79 Å². The lowest BCUT2D eigenvalue weighted by Crippen LogP contribution is -2.40. The number of alkyl halides is 3. The van der Waals surface area contributed by atoms with E-state index in [1.54, 1.807) is 0 Å². The van der Waals surface area contributed by atoms with Gasteiger partial charge >= 0.3 is 6.18 Å². The topological polar surface area (TPSA) is 44.4 Å². The summed E-state index contributed by atoms with van der Waals surface area (Å²) >= 11 is 0. The van der Waals surface area contributed by atoms with Crippen LogP contribution in [0.5, 0.6) is 0 Å². The van der Waals surface area contributed by atoms with Gasteiger partial charge in [0.1, 0.15) is 6.54 Å². The molecular formula is C14H26F3N3O. The molecule has 124 valence electrons. The molecule has 0 unspecified atom stereocenters. The molecule has 0 saturated heterocycles. The Hall–Kier alpha value is -0.820. The van der Waals surface area contributed by atoms with Crippen LogP contribution in [0, 0.1) is 0 Å². The summed E-state index contributed by atoms with van der Waals surface area (Å²) in [7, 11) is 2.12. The smallest absolute Gasteiger partial charge is 0.346 e. The summed E-state index contributed by atoms with van der Waals surface area (Å²) in [6.07, 6.45) is 2.98. The van der Waals surface area contributed by atoms with Crippen LogP contribution in [0.1, 0.15) is 38.5 Å². The third-order valence-electron chi connectivity index (χ3n) is 3.83. The zero-order valence-electron chi connectivity index (χ0n) is 12.6. The van der Waals surface area contributed by atoms with E-state index in [0.717, 1.165) is 13.0 Å². The molecule has 1 aliphatic carbocycles. The van der Waals surface area contributed by atoms with E-state index >= 15 is 0 Å². The molecule has 0 atom stereocenters. The van der Waals surface area contributed by atoms with Crippen molar-refractivity contribution in [2.24, 2.45) is 0 Å². The molecule has 4 nitrogen and oxygen atoms in total. The van der Waals surface area contributed by atoms with Gasteiger partial charge in [0.25, 0.3) is 0 Å². The van der Waals surface area contributed by atoms with Gasteiger partial charge in [0.2, 0.25) is 5.91 Å². The van der Waals surface area contributed by atoms with Crippen molar-refractivity contribution in [3.05, 3.63) is 0 Å². The summed E-state index contributed by atoms with van der Waals surface area (Å²) in [4.78, 5) is 13.5. The van der Waals surface area contributed by atoms with E-state index in [1.807, 2.05) is 5.32 Å². The van der Waals surface area contributed by atoms with Crippen LogP contribution in [0.2, 0.25) is 0 Å². The lowest BCUT2D eigenvalue weighted by Gasteiger charge is -2.31. The molecule has 1 fully saturated rings. The molecule has 0 aliphatic heterocycles. The largest absolute Gasteiger partial charge is 0.405 e. The third-order valence-corrected chi connectivity index (χ3v) is 3.83. The average molecular weight is 309 g/mol. The Morgan fingerprint density at radius 1 is 1.24 bits per heavy atom. The van der Waals surface area contributed by atoms with Crippen molar-refractivity contribution in [3.8, 4) is 0 Å². The minimum absolute atomic E-state index is 0.0662. The van der Waals surface area contributed by atoms with Gasteiger partial charge in [0, 0.05) is 6.04 Å². The summed E-state index contributed by atoms with van der Waals surface area (Å²) in [6.45, 7) is 0.249. The van der Waals surface area contributed by atoms with E-state index in [-0.39, 0.29) is 6.54 Å². The highest BCUT2D eigenvalue weighted by Gasteiger charge is 2.27. The standard InChI is InChI=1S/C14H26F3N3O/c1-20(12-6-3-2-4-7-12)9-5-8-18-10-13(21)19-11-14(15,16)17/h12,18H,2-11H2,1H3,(H,19,21). The molecule has 0 aromatic heterocycles. The SMILES string of the molecule is CN(CCCNCC(=O)NCC(F)(F)F)C1CCCCC1. The van der Waals surface area contributed by atoms with E-state index in [1.165, 1.54) is 32.1 Å². The minimum Gasteiger partial charge on any atom is -0.346 e. The molecule has 0 bridgehead atoms. The summed E-state index contributed by atoms with van der Waals surface area (Å²) in [5, 5.41) is 4.71. The summed E-state index contributed by atoms with van der Waals surface area (Å²) in [5.74, 6) is -0.618. The molecule has 1 aliphatic rings. The maximum Gasteiger partial charge on any atom is 0.405 e. The van der Waals surface area contributed by atoms with E-state index in [0.29, 0.717) is 12.6 Å². The van der Waals surface area contributed by atoms with Gasteiger partial charge in [-0.15, -0.1) is 0 Å². The lowest BCUT2D eigenvalue weighted by atomic mass is 9.94. The Morgan fingerprint density at radius 3 is 2.52 bits per heavy atom. The van der Waals surface area contributed by atoms with Crippen molar-refractivity contribution in [2.75, 3.05) is 33.2 Å². The van der Waals surface area contributed by atoms with E-state index in [9.17, 15) is 18.0 Å². The van der Waals surface area contributed by atoms with E-state index < -0.39 is 18.6 Å². The normalized spacial score (nSPS) is 17.2. The molecule has 0 aromatic rings. The first-order valence-electron chi connectivity index (χ1n) is 7.63. The Morgan fingerprint density at radius 2 is 1.90 bits per heavy atom. The van der Waals surface area contributed by atoms with E-state index in [4.69, 9.17) is 0 Å². The number of hydrogen-bond donors (Lipinski definition) is 2. The number of rotatable bonds is 8. The second-order valence-electron chi connectivity index (χ2n) is 5.69. The number of nitrogens with one attached hydrogen (secondary N) is 2. The molecule has 21 heavy (non-hydrogen) atoms. The average Bonchev–Trinajstić information content (AvgIpc) is 2.44. The Labute approximate surface area is 124 Å². The Balaban J connectivity index is 1.99. The molecular weight excluding hydrogens is 283 g/mol. The first kappa shape index (κ1) is 18.2. The highest BCUT2D eigenvalue weighted by Crippen LogP contribution is 2.21.